The topological polar surface area (TPSA) is 74.8 Å². The molecule has 0 fully saturated rings. The number of hydrogen-bond acceptors (Lipinski definition) is 4. The smallest absolute Gasteiger partial charge is 0.260 e. The minimum absolute atomic E-state index is 0.135. The second-order valence-electron chi connectivity index (χ2n) is 5.52. The van der Waals surface area contributed by atoms with Crippen LogP contribution < -0.4 is 10.9 Å². The Morgan fingerprint density at radius 3 is 2.50 bits per heavy atom. The molecule has 0 bridgehead atoms. The summed E-state index contributed by atoms with van der Waals surface area (Å²) >= 11 is 0. The number of para-hydroxylation sites is 1. The highest BCUT2D eigenvalue weighted by Crippen LogP contribution is 2.17. The Morgan fingerprint density at radius 1 is 1.08 bits per heavy atom. The fraction of sp³-hybridized carbons (Fsp3) is 0. The van der Waals surface area contributed by atoms with Crippen LogP contribution in [0, 0.1) is 0 Å². The van der Waals surface area contributed by atoms with Crippen molar-refractivity contribution in [2.24, 2.45) is 0 Å². The van der Waals surface area contributed by atoms with E-state index in [1.54, 1.807) is 54.6 Å². The van der Waals surface area contributed by atoms with Gasteiger partial charge in [0.05, 0.1) is 10.9 Å². The van der Waals surface area contributed by atoms with Crippen molar-refractivity contribution < 1.29 is 4.79 Å². The normalized spacial score (nSPS) is 11.2. The summed E-state index contributed by atoms with van der Waals surface area (Å²) in [7, 11) is 0. The Balaban J connectivity index is 1.85. The Hall–Kier alpha value is -3.73. The van der Waals surface area contributed by atoms with E-state index in [1.165, 1.54) is 6.08 Å². The summed E-state index contributed by atoms with van der Waals surface area (Å²) < 4.78 is 0. The third-order valence-corrected chi connectivity index (χ3v) is 3.80. The van der Waals surface area contributed by atoms with Gasteiger partial charge >= 0.3 is 0 Å². The van der Waals surface area contributed by atoms with E-state index < -0.39 is 0 Å². The molecule has 26 heavy (non-hydrogen) atoms. The monoisotopic (exact) mass is 343 g/mol. The first-order chi connectivity index (χ1) is 12.6. The fourth-order valence-electron chi connectivity index (χ4n) is 2.52. The first-order valence-corrected chi connectivity index (χ1v) is 7.98. The molecular weight excluding hydrogens is 326 g/mol. The Bertz CT molecular complexity index is 1080. The van der Waals surface area contributed by atoms with Crippen molar-refractivity contribution >= 4 is 28.3 Å². The van der Waals surface area contributed by atoms with Crippen LogP contribution >= 0.6 is 0 Å². The molecule has 0 aliphatic heterocycles. The molecule has 1 heterocycles. The predicted molar refractivity (Wildman–Crippen MR) is 105 cm³/mol. The van der Waals surface area contributed by atoms with Crippen molar-refractivity contribution in [3.63, 3.8) is 0 Å². The maximum absolute atomic E-state index is 12.4. The molecule has 2 aromatic carbocycles. The number of benzene rings is 2. The molecule has 0 saturated carbocycles. The highest BCUT2D eigenvalue weighted by atomic mass is 16.1. The first-order valence-electron chi connectivity index (χ1n) is 7.98. The Morgan fingerprint density at radius 2 is 1.81 bits per heavy atom. The maximum atomic E-state index is 12.4. The molecular formula is C21H17N3O2. The standard InChI is InChI=1S/C21H17N3O2/c1-3-7-14(4-2)19(25)15-10-12-16(13-11-15)22-21-23-18-9-6-5-8-17(18)20(26)24-21/h3-13H,1-2H2,(H2,22,23,24,26)/b14-7+. The zero-order valence-corrected chi connectivity index (χ0v) is 14.0. The molecule has 3 aromatic rings. The minimum Gasteiger partial charge on any atom is -0.326 e. The van der Waals surface area contributed by atoms with E-state index in [0.29, 0.717) is 33.7 Å². The molecule has 5 heteroatoms. The lowest BCUT2D eigenvalue weighted by molar-refractivity contribution is 0.103. The SMILES string of the molecule is C=C/C=C(\C=C)C(=O)c1ccc(Nc2nc3ccccc3c(=O)[nH]2)cc1. The molecule has 0 amide bonds. The van der Waals surface area contributed by atoms with Crippen molar-refractivity contribution in [1.82, 2.24) is 9.97 Å². The molecule has 2 N–H and O–H groups in total. The van der Waals surface area contributed by atoms with Crippen LogP contribution in [0.4, 0.5) is 11.6 Å². The summed E-state index contributed by atoms with van der Waals surface area (Å²) in [5.74, 6) is 0.204. The van der Waals surface area contributed by atoms with Gasteiger partial charge in [0.2, 0.25) is 5.95 Å². The third kappa shape index (κ3) is 3.52. The van der Waals surface area contributed by atoms with Crippen LogP contribution in [0.1, 0.15) is 10.4 Å². The fourth-order valence-corrected chi connectivity index (χ4v) is 2.52. The van der Waals surface area contributed by atoms with Gasteiger partial charge in [-0.25, -0.2) is 4.98 Å². The summed E-state index contributed by atoms with van der Waals surface area (Å²) in [5, 5.41) is 3.57. The molecule has 0 spiro atoms. The number of carbonyl (C=O) groups is 1. The van der Waals surface area contributed by atoms with E-state index in [4.69, 9.17) is 0 Å². The molecule has 5 nitrogen and oxygen atoms in total. The van der Waals surface area contributed by atoms with Crippen molar-refractivity contribution in [1.29, 1.82) is 0 Å². The van der Waals surface area contributed by atoms with Gasteiger partial charge in [-0.05, 0) is 36.4 Å². The predicted octanol–water partition coefficient (Wildman–Crippen LogP) is 4.15. The number of carbonyl (C=O) groups excluding carboxylic acids is 1. The highest BCUT2D eigenvalue weighted by molar-refractivity contribution is 6.10. The van der Waals surface area contributed by atoms with Crippen molar-refractivity contribution in [3.8, 4) is 0 Å². The van der Waals surface area contributed by atoms with Gasteiger partial charge in [-0.15, -0.1) is 0 Å². The van der Waals surface area contributed by atoms with Gasteiger partial charge < -0.3 is 5.32 Å². The number of rotatable bonds is 6. The van der Waals surface area contributed by atoms with E-state index in [0.717, 1.165) is 0 Å². The quantitative estimate of drug-likeness (QED) is 0.400. The number of nitrogens with zero attached hydrogens (tertiary/aromatic N) is 1. The zero-order valence-electron chi connectivity index (χ0n) is 14.0. The summed E-state index contributed by atoms with van der Waals surface area (Å²) in [6, 6.07) is 14.0. The van der Waals surface area contributed by atoms with E-state index in [2.05, 4.69) is 28.4 Å². The van der Waals surface area contributed by atoms with Crippen LogP contribution in [0.15, 0.2) is 90.3 Å². The lowest BCUT2D eigenvalue weighted by Crippen LogP contribution is -2.11. The van der Waals surface area contributed by atoms with Crippen molar-refractivity contribution in [2.45, 2.75) is 0 Å². The molecule has 0 radical (unpaired) electrons. The lowest BCUT2D eigenvalue weighted by atomic mass is 10.0. The van der Waals surface area contributed by atoms with E-state index >= 15 is 0 Å². The Labute approximate surface area is 150 Å². The average Bonchev–Trinajstić information content (AvgIpc) is 2.66. The largest absolute Gasteiger partial charge is 0.326 e. The number of ketones is 1. The van der Waals surface area contributed by atoms with E-state index in [9.17, 15) is 9.59 Å². The van der Waals surface area contributed by atoms with Gasteiger partial charge in [0.1, 0.15) is 0 Å². The molecule has 0 saturated heterocycles. The number of fused-ring (bicyclic) bond motifs is 1. The van der Waals surface area contributed by atoms with Gasteiger partial charge in [-0.1, -0.05) is 43.5 Å². The number of hydrogen-bond donors (Lipinski definition) is 2. The number of Topliss-reactive ketones (excluding diaryl/α,β-unsaturated/α-hetero) is 1. The van der Waals surface area contributed by atoms with Gasteiger partial charge in [-0.2, -0.15) is 0 Å². The highest BCUT2D eigenvalue weighted by Gasteiger charge is 2.09. The first kappa shape index (κ1) is 17.1. The lowest BCUT2D eigenvalue weighted by Gasteiger charge is -2.07. The molecule has 3 rings (SSSR count). The molecule has 0 aliphatic rings. The van der Waals surface area contributed by atoms with Crippen LogP contribution in [-0.4, -0.2) is 15.8 Å². The third-order valence-electron chi connectivity index (χ3n) is 3.80. The number of allylic oxidation sites excluding steroid dienone is 4. The summed E-state index contributed by atoms with van der Waals surface area (Å²) in [6.07, 6.45) is 4.66. The van der Waals surface area contributed by atoms with Crippen LogP contribution in [0.25, 0.3) is 10.9 Å². The number of nitrogens with one attached hydrogen (secondary N) is 2. The van der Waals surface area contributed by atoms with Crippen LogP contribution in [0.2, 0.25) is 0 Å². The number of aromatic nitrogens is 2. The number of H-pyrrole nitrogens is 1. The van der Waals surface area contributed by atoms with Crippen LogP contribution in [-0.2, 0) is 0 Å². The number of anilines is 2. The maximum Gasteiger partial charge on any atom is 0.260 e. The Kier molecular flexibility index (Phi) is 4.90. The minimum atomic E-state index is -0.213. The average molecular weight is 343 g/mol. The summed E-state index contributed by atoms with van der Waals surface area (Å²) in [4.78, 5) is 31.5. The van der Waals surface area contributed by atoms with Crippen LogP contribution in [0.5, 0.6) is 0 Å². The zero-order chi connectivity index (χ0) is 18.5. The second kappa shape index (κ2) is 7.44. The molecule has 128 valence electrons. The molecule has 0 aliphatic carbocycles. The molecule has 1 aromatic heterocycles. The van der Waals surface area contributed by atoms with Gasteiger partial charge in [0, 0.05) is 16.8 Å². The summed E-state index contributed by atoms with van der Waals surface area (Å²) in [6.45, 7) is 7.23. The second-order valence-corrected chi connectivity index (χ2v) is 5.52. The van der Waals surface area contributed by atoms with Gasteiger partial charge in [-0.3, -0.25) is 14.6 Å². The van der Waals surface area contributed by atoms with Crippen LogP contribution in [0.3, 0.4) is 0 Å². The van der Waals surface area contributed by atoms with Gasteiger partial charge in [0.15, 0.2) is 5.78 Å². The van der Waals surface area contributed by atoms with Gasteiger partial charge in [0.25, 0.3) is 5.56 Å². The number of aromatic amines is 1. The van der Waals surface area contributed by atoms with E-state index in [-0.39, 0.29) is 11.3 Å². The van der Waals surface area contributed by atoms with Crippen molar-refractivity contribution in [2.75, 3.05) is 5.32 Å². The molecule has 0 atom stereocenters. The van der Waals surface area contributed by atoms with E-state index in [1.807, 2.05) is 6.07 Å². The molecule has 0 unspecified atom stereocenters. The van der Waals surface area contributed by atoms with Crippen molar-refractivity contribution in [3.05, 3.63) is 101 Å². The summed E-state index contributed by atoms with van der Waals surface area (Å²) in [5.41, 5.74) is 2.10.